The maximum atomic E-state index is 12.7. The highest BCUT2D eigenvalue weighted by Gasteiger charge is 2.30. The zero-order valence-electron chi connectivity index (χ0n) is 12.8. The summed E-state index contributed by atoms with van der Waals surface area (Å²) in [6.07, 6.45) is -0.111. The normalized spacial score (nSPS) is 11.6. The zero-order valence-corrected chi connectivity index (χ0v) is 13.6. The van der Waals surface area contributed by atoms with Crippen molar-refractivity contribution in [1.82, 2.24) is 4.90 Å². The molecule has 0 spiro atoms. The fraction of sp³-hybridized carbons (Fsp3) is 0.167. The number of amides is 1. The molecule has 1 amide bonds. The molecule has 2 aromatic rings. The van der Waals surface area contributed by atoms with Crippen LogP contribution in [0.3, 0.4) is 0 Å². The first-order chi connectivity index (χ1) is 11.4. The molecule has 2 rings (SSSR count). The maximum Gasteiger partial charge on any atom is 0.416 e. The fourth-order valence-corrected chi connectivity index (χ4v) is 2.79. The average molecular weight is 351 g/mol. The van der Waals surface area contributed by atoms with Crippen molar-refractivity contribution in [1.29, 1.82) is 0 Å². The zero-order chi connectivity index (χ0) is 17.6. The van der Waals surface area contributed by atoms with E-state index in [2.05, 4.69) is 6.58 Å². The lowest BCUT2D eigenvalue weighted by Gasteiger charge is -2.18. The number of carbonyl (C=O) groups excluding carboxylic acids is 1. The van der Waals surface area contributed by atoms with Crippen LogP contribution in [0.2, 0.25) is 0 Å². The van der Waals surface area contributed by atoms with Gasteiger partial charge in [0.2, 0.25) is 5.91 Å². The summed E-state index contributed by atoms with van der Waals surface area (Å²) < 4.78 is 38.1. The molecule has 1 heterocycles. The lowest BCUT2D eigenvalue weighted by Crippen LogP contribution is -2.28. The van der Waals surface area contributed by atoms with Gasteiger partial charge in [-0.1, -0.05) is 24.3 Å². The van der Waals surface area contributed by atoms with Crippen LogP contribution in [0.15, 0.2) is 60.5 Å². The fourth-order valence-electron chi connectivity index (χ4n) is 2.07. The molecule has 0 fully saturated rings. The third-order valence-electron chi connectivity index (χ3n) is 3.22. The number of hydrogen-bond donors (Lipinski definition) is 0. The minimum absolute atomic E-state index is 0.277. The predicted octanol–water partition coefficient (Wildman–Crippen LogP) is 4.99. The number of hydrogen-bond acceptors (Lipinski definition) is 2. The van der Waals surface area contributed by atoms with Crippen molar-refractivity contribution in [3.63, 3.8) is 0 Å². The maximum absolute atomic E-state index is 12.7. The van der Waals surface area contributed by atoms with E-state index in [1.54, 1.807) is 11.0 Å². The SMILES string of the molecule is C=CCN(Cc1cccs1)C(=O)/C=C/c1cccc(C(F)(F)F)c1. The van der Waals surface area contributed by atoms with E-state index in [4.69, 9.17) is 0 Å². The number of rotatable bonds is 6. The molecule has 6 heteroatoms. The molecule has 0 saturated heterocycles. The Morgan fingerprint density at radius 3 is 2.67 bits per heavy atom. The topological polar surface area (TPSA) is 20.3 Å². The number of carbonyl (C=O) groups is 1. The molecule has 2 nitrogen and oxygen atoms in total. The molecule has 0 bridgehead atoms. The Labute approximate surface area is 142 Å². The molecule has 0 atom stereocenters. The minimum Gasteiger partial charge on any atom is -0.330 e. The van der Waals surface area contributed by atoms with E-state index < -0.39 is 11.7 Å². The Hall–Kier alpha value is -2.34. The summed E-state index contributed by atoms with van der Waals surface area (Å²) in [4.78, 5) is 14.9. The molecule has 24 heavy (non-hydrogen) atoms. The minimum atomic E-state index is -4.40. The van der Waals surface area contributed by atoms with Crippen LogP contribution in [0, 0.1) is 0 Å². The summed E-state index contributed by atoms with van der Waals surface area (Å²) in [6, 6.07) is 8.68. The Morgan fingerprint density at radius 2 is 2.04 bits per heavy atom. The van der Waals surface area contributed by atoms with Crippen molar-refractivity contribution >= 4 is 23.3 Å². The Morgan fingerprint density at radius 1 is 1.25 bits per heavy atom. The Balaban J connectivity index is 2.11. The van der Waals surface area contributed by atoms with Gasteiger partial charge in [0.25, 0.3) is 0 Å². The Kier molecular flexibility index (Phi) is 5.98. The van der Waals surface area contributed by atoms with Crippen LogP contribution in [0.25, 0.3) is 6.08 Å². The molecule has 0 unspecified atom stereocenters. The second-order valence-corrected chi connectivity index (χ2v) is 6.08. The third kappa shape index (κ3) is 5.09. The third-order valence-corrected chi connectivity index (χ3v) is 4.08. The largest absolute Gasteiger partial charge is 0.416 e. The monoisotopic (exact) mass is 351 g/mol. The van der Waals surface area contributed by atoms with Gasteiger partial charge in [-0.2, -0.15) is 13.2 Å². The van der Waals surface area contributed by atoms with Gasteiger partial charge in [-0.25, -0.2) is 0 Å². The van der Waals surface area contributed by atoms with Crippen molar-refractivity contribution in [3.8, 4) is 0 Å². The highest BCUT2D eigenvalue weighted by molar-refractivity contribution is 7.09. The number of alkyl halides is 3. The molecule has 1 aromatic carbocycles. The summed E-state index contributed by atoms with van der Waals surface area (Å²) in [5, 5.41) is 1.92. The molecular formula is C18H16F3NOS. The standard InChI is InChI=1S/C18H16F3NOS/c1-2-10-22(13-16-7-4-11-24-16)17(23)9-8-14-5-3-6-15(12-14)18(19,20)21/h2-9,11-12H,1,10,13H2/b9-8+. The molecule has 0 aliphatic rings. The van der Waals surface area contributed by atoms with Gasteiger partial charge in [0.15, 0.2) is 0 Å². The molecular weight excluding hydrogens is 335 g/mol. The van der Waals surface area contributed by atoms with Crippen molar-refractivity contribution in [2.75, 3.05) is 6.54 Å². The van der Waals surface area contributed by atoms with Gasteiger partial charge in [0.05, 0.1) is 12.1 Å². The number of halogens is 3. The Bertz CT molecular complexity index is 720. The molecule has 0 saturated carbocycles. The van der Waals surface area contributed by atoms with Crippen molar-refractivity contribution in [3.05, 3.63) is 76.5 Å². The van der Waals surface area contributed by atoms with Crippen LogP contribution in [-0.4, -0.2) is 17.4 Å². The second-order valence-electron chi connectivity index (χ2n) is 5.04. The van der Waals surface area contributed by atoms with Gasteiger partial charge in [0.1, 0.15) is 0 Å². The van der Waals surface area contributed by atoms with Gasteiger partial charge in [-0.05, 0) is 35.2 Å². The van der Waals surface area contributed by atoms with E-state index in [9.17, 15) is 18.0 Å². The van der Waals surface area contributed by atoms with Gasteiger partial charge in [0, 0.05) is 17.5 Å². The lowest BCUT2D eigenvalue weighted by atomic mass is 10.1. The molecule has 126 valence electrons. The van der Waals surface area contributed by atoms with Gasteiger partial charge in [-0.3, -0.25) is 4.79 Å². The number of nitrogens with zero attached hydrogens (tertiary/aromatic N) is 1. The lowest BCUT2D eigenvalue weighted by molar-refractivity contribution is -0.137. The molecule has 0 N–H and O–H groups in total. The van der Waals surface area contributed by atoms with Crippen LogP contribution in [0.5, 0.6) is 0 Å². The summed E-state index contributed by atoms with van der Waals surface area (Å²) in [7, 11) is 0. The highest BCUT2D eigenvalue weighted by atomic mass is 32.1. The van der Waals surface area contributed by atoms with Crippen LogP contribution in [0.4, 0.5) is 13.2 Å². The van der Waals surface area contributed by atoms with E-state index >= 15 is 0 Å². The first-order valence-electron chi connectivity index (χ1n) is 7.17. The van der Waals surface area contributed by atoms with Crippen molar-refractivity contribution in [2.45, 2.75) is 12.7 Å². The predicted molar refractivity (Wildman–Crippen MR) is 90.4 cm³/mol. The number of thiophene rings is 1. The van der Waals surface area contributed by atoms with E-state index in [1.807, 2.05) is 17.5 Å². The summed E-state index contributed by atoms with van der Waals surface area (Å²) >= 11 is 1.54. The van der Waals surface area contributed by atoms with E-state index in [-0.39, 0.29) is 5.91 Å². The van der Waals surface area contributed by atoms with E-state index in [0.717, 1.165) is 17.0 Å². The van der Waals surface area contributed by atoms with Crippen LogP contribution < -0.4 is 0 Å². The molecule has 1 aromatic heterocycles. The molecule has 0 aliphatic heterocycles. The average Bonchev–Trinajstić information content (AvgIpc) is 3.05. The van der Waals surface area contributed by atoms with Gasteiger partial charge in [-0.15, -0.1) is 17.9 Å². The van der Waals surface area contributed by atoms with Crippen LogP contribution in [0.1, 0.15) is 16.0 Å². The van der Waals surface area contributed by atoms with Gasteiger partial charge >= 0.3 is 6.18 Å². The van der Waals surface area contributed by atoms with E-state index in [1.165, 1.54) is 35.6 Å². The quantitative estimate of drug-likeness (QED) is 0.530. The first kappa shape index (κ1) is 18.0. The number of benzene rings is 1. The van der Waals surface area contributed by atoms with Crippen LogP contribution >= 0.6 is 11.3 Å². The first-order valence-corrected chi connectivity index (χ1v) is 8.05. The second kappa shape index (κ2) is 7.97. The van der Waals surface area contributed by atoms with Crippen molar-refractivity contribution in [2.24, 2.45) is 0 Å². The van der Waals surface area contributed by atoms with E-state index in [0.29, 0.717) is 18.7 Å². The van der Waals surface area contributed by atoms with Crippen LogP contribution in [-0.2, 0) is 17.5 Å². The highest BCUT2D eigenvalue weighted by Crippen LogP contribution is 2.29. The molecule has 0 aliphatic carbocycles. The summed E-state index contributed by atoms with van der Waals surface area (Å²) in [5.74, 6) is -0.277. The molecule has 0 radical (unpaired) electrons. The smallest absolute Gasteiger partial charge is 0.330 e. The summed E-state index contributed by atoms with van der Waals surface area (Å²) in [5.41, 5.74) is -0.411. The van der Waals surface area contributed by atoms with Crippen molar-refractivity contribution < 1.29 is 18.0 Å². The van der Waals surface area contributed by atoms with Gasteiger partial charge < -0.3 is 4.90 Å². The summed E-state index contributed by atoms with van der Waals surface area (Å²) in [6.45, 7) is 4.43.